The normalized spacial score (nSPS) is 11.6. The summed E-state index contributed by atoms with van der Waals surface area (Å²) in [6, 6.07) is 54.3. The van der Waals surface area contributed by atoms with Crippen LogP contribution in [0.2, 0.25) is 0 Å². The molecule has 226 valence electrons. The second-order valence-electron chi connectivity index (χ2n) is 12.3. The summed E-state index contributed by atoms with van der Waals surface area (Å²) in [5.41, 5.74) is 11.2. The number of nitriles is 2. The summed E-state index contributed by atoms with van der Waals surface area (Å²) < 4.78 is 11.2. The maximum absolute atomic E-state index is 9.74. The van der Waals surface area contributed by atoms with Gasteiger partial charge in [-0.15, -0.1) is 0 Å². The zero-order chi connectivity index (χ0) is 32.6. The van der Waals surface area contributed by atoms with Gasteiger partial charge in [0.15, 0.2) is 0 Å². The number of hydrogen-bond donors (Lipinski definition) is 0. The lowest BCUT2D eigenvalue weighted by molar-refractivity contribution is 0.673. The van der Waals surface area contributed by atoms with E-state index in [2.05, 4.69) is 118 Å². The fourth-order valence-corrected chi connectivity index (χ4v) is 7.71. The lowest BCUT2D eigenvalue weighted by atomic mass is 10.0. The van der Waals surface area contributed by atoms with E-state index in [9.17, 15) is 10.5 Å². The second-order valence-corrected chi connectivity index (χ2v) is 12.3. The summed E-state index contributed by atoms with van der Waals surface area (Å²) in [4.78, 5) is 0. The van der Waals surface area contributed by atoms with Crippen LogP contribution in [0.1, 0.15) is 11.1 Å². The molecule has 0 radical (unpaired) electrons. The van der Waals surface area contributed by atoms with Crippen LogP contribution in [0.25, 0.3) is 88.1 Å². The lowest BCUT2D eigenvalue weighted by Gasteiger charge is -2.18. The largest absolute Gasteiger partial charge is 0.455 e. The van der Waals surface area contributed by atoms with Crippen LogP contribution in [-0.2, 0) is 0 Å². The van der Waals surface area contributed by atoms with Gasteiger partial charge in [0.25, 0.3) is 0 Å². The summed E-state index contributed by atoms with van der Waals surface area (Å²) in [6.07, 6.45) is 0. The number of para-hydroxylation sites is 4. The first-order valence-electron chi connectivity index (χ1n) is 16.1. The van der Waals surface area contributed by atoms with Crippen LogP contribution in [0, 0.1) is 22.7 Å². The van der Waals surface area contributed by atoms with E-state index in [1.54, 1.807) is 0 Å². The molecule has 0 bridgehead atoms. The number of fused-ring (bicyclic) bond motifs is 10. The van der Waals surface area contributed by atoms with Gasteiger partial charge in [-0.3, -0.25) is 0 Å². The Labute approximate surface area is 280 Å². The minimum atomic E-state index is 0.581. The molecule has 5 heteroatoms. The van der Waals surface area contributed by atoms with Gasteiger partial charge >= 0.3 is 0 Å². The van der Waals surface area contributed by atoms with Gasteiger partial charge in [-0.25, -0.2) is 0 Å². The van der Waals surface area contributed by atoms with Gasteiger partial charge in [-0.1, -0.05) is 72.8 Å². The van der Waals surface area contributed by atoms with Crippen LogP contribution in [0.15, 0.2) is 150 Å². The van der Waals surface area contributed by atoms with Crippen molar-refractivity contribution in [1.82, 2.24) is 9.13 Å². The van der Waals surface area contributed by atoms with E-state index in [4.69, 9.17) is 4.42 Å². The number of benzene rings is 7. The Morgan fingerprint density at radius 1 is 0.429 bits per heavy atom. The molecule has 10 rings (SSSR count). The van der Waals surface area contributed by atoms with E-state index >= 15 is 0 Å². The summed E-state index contributed by atoms with van der Waals surface area (Å²) >= 11 is 0. The SMILES string of the molecule is N#Cc1ccc2c(c1)c1cc(C#N)ccc1n2-c1ccccc1-c1ccccc1-n1c2ccccc2c2c3oc4ccccc4c3ccc21. The average Bonchev–Trinajstić information content (AvgIpc) is 3.81. The van der Waals surface area contributed by atoms with Crippen molar-refractivity contribution in [2.45, 2.75) is 0 Å². The van der Waals surface area contributed by atoms with Crippen LogP contribution in [0.4, 0.5) is 0 Å². The first-order valence-corrected chi connectivity index (χ1v) is 16.1. The minimum absolute atomic E-state index is 0.581. The fraction of sp³-hybridized carbons (Fsp3) is 0. The van der Waals surface area contributed by atoms with Crippen LogP contribution in [0.3, 0.4) is 0 Å². The molecule has 0 amide bonds. The smallest absolute Gasteiger partial charge is 0.145 e. The van der Waals surface area contributed by atoms with Gasteiger partial charge < -0.3 is 13.6 Å². The van der Waals surface area contributed by atoms with Gasteiger partial charge in [0.1, 0.15) is 11.2 Å². The van der Waals surface area contributed by atoms with Gasteiger partial charge in [0.2, 0.25) is 0 Å². The van der Waals surface area contributed by atoms with Gasteiger partial charge in [-0.2, -0.15) is 10.5 Å². The van der Waals surface area contributed by atoms with Crippen molar-refractivity contribution in [3.8, 4) is 34.6 Å². The molecule has 0 N–H and O–H groups in total. The van der Waals surface area contributed by atoms with Crippen LogP contribution >= 0.6 is 0 Å². The summed E-state index contributed by atoms with van der Waals surface area (Å²) in [6.45, 7) is 0. The zero-order valence-electron chi connectivity index (χ0n) is 26.1. The molecule has 0 atom stereocenters. The highest BCUT2D eigenvalue weighted by molar-refractivity contribution is 6.24. The first kappa shape index (κ1) is 27.1. The Kier molecular flexibility index (Phi) is 5.64. The quantitative estimate of drug-likeness (QED) is 0.196. The van der Waals surface area contributed by atoms with Crippen molar-refractivity contribution < 1.29 is 4.42 Å². The Morgan fingerprint density at radius 3 is 1.59 bits per heavy atom. The van der Waals surface area contributed by atoms with E-state index < -0.39 is 0 Å². The molecule has 49 heavy (non-hydrogen) atoms. The minimum Gasteiger partial charge on any atom is -0.455 e. The molecule has 3 aromatic heterocycles. The molecule has 0 saturated heterocycles. The highest BCUT2D eigenvalue weighted by Gasteiger charge is 2.22. The highest BCUT2D eigenvalue weighted by Crippen LogP contribution is 2.43. The molecule has 0 aliphatic carbocycles. The Hall–Kier alpha value is -7.08. The van der Waals surface area contributed by atoms with E-state index in [-0.39, 0.29) is 0 Å². The molecule has 10 aromatic rings. The molecule has 0 aliphatic heterocycles. The number of nitrogens with zero attached hydrogens (tertiary/aromatic N) is 4. The molecule has 5 nitrogen and oxygen atoms in total. The van der Waals surface area contributed by atoms with Gasteiger partial charge in [0, 0.05) is 38.1 Å². The van der Waals surface area contributed by atoms with E-state index in [1.807, 2.05) is 48.5 Å². The van der Waals surface area contributed by atoms with Crippen molar-refractivity contribution >= 4 is 65.6 Å². The van der Waals surface area contributed by atoms with Crippen LogP contribution in [0.5, 0.6) is 0 Å². The molecule has 0 fully saturated rings. The maximum atomic E-state index is 9.74. The van der Waals surface area contributed by atoms with Crippen molar-refractivity contribution in [2.24, 2.45) is 0 Å². The number of furan rings is 1. The average molecular weight is 625 g/mol. The topological polar surface area (TPSA) is 70.6 Å². The number of hydrogen-bond acceptors (Lipinski definition) is 3. The molecule has 0 spiro atoms. The molecule has 7 aromatic carbocycles. The third kappa shape index (κ3) is 3.79. The van der Waals surface area contributed by atoms with Crippen molar-refractivity contribution in [1.29, 1.82) is 10.5 Å². The summed E-state index contributed by atoms with van der Waals surface area (Å²) in [7, 11) is 0. The molecule has 0 aliphatic rings. The van der Waals surface area contributed by atoms with E-state index in [1.165, 1.54) is 0 Å². The Bertz CT molecular complexity index is 3010. The van der Waals surface area contributed by atoms with Gasteiger partial charge in [-0.05, 0) is 72.8 Å². The van der Waals surface area contributed by atoms with Crippen LogP contribution in [-0.4, -0.2) is 9.13 Å². The first-order chi connectivity index (χ1) is 24.2. The van der Waals surface area contributed by atoms with Crippen molar-refractivity contribution in [3.05, 3.63) is 157 Å². The molecular formula is C44H24N4O. The zero-order valence-corrected chi connectivity index (χ0v) is 26.1. The second kappa shape index (κ2) is 10.2. The highest BCUT2D eigenvalue weighted by atomic mass is 16.3. The van der Waals surface area contributed by atoms with Crippen molar-refractivity contribution in [3.63, 3.8) is 0 Å². The van der Waals surface area contributed by atoms with E-state index in [0.29, 0.717) is 11.1 Å². The molecule has 3 heterocycles. The van der Waals surface area contributed by atoms with E-state index in [0.717, 1.165) is 88.1 Å². The van der Waals surface area contributed by atoms with Crippen molar-refractivity contribution in [2.75, 3.05) is 0 Å². The third-order valence-corrected chi connectivity index (χ3v) is 9.78. The fourth-order valence-electron chi connectivity index (χ4n) is 7.71. The monoisotopic (exact) mass is 624 g/mol. The standard InChI is InChI=1S/C44H24N4O/c45-25-27-17-20-39-34(23-27)35-24-28(26-46)18-21-40(35)47(39)36-13-5-1-9-29(36)30-10-2-6-14-37(30)48-38-15-7-3-12-33(38)43-41(48)22-19-32-31-11-4-8-16-42(31)49-44(32)43/h1-24H. The predicted molar refractivity (Wildman–Crippen MR) is 197 cm³/mol. The predicted octanol–water partition coefficient (Wildman–Crippen LogP) is 11.2. The third-order valence-electron chi connectivity index (χ3n) is 9.78. The summed E-state index contributed by atoms with van der Waals surface area (Å²) in [5.74, 6) is 0. The molecular weight excluding hydrogens is 601 g/mol. The number of rotatable bonds is 3. The number of aromatic nitrogens is 2. The summed E-state index contributed by atoms with van der Waals surface area (Å²) in [5, 5.41) is 25.8. The Morgan fingerprint density at radius 2 is 0.939 bits per heavy atom. The maximum Gasteiger partial charge on any atom is 0.145 e. The lowest BCUT2D eigenvalue weighted by Crippen LogP contribution is -2.01. The molecule has 0 unspecified atom stereocenters. The molecule has 0 saturated carbocycles. The van der Waals surface area contributed by atoms with Crippen LogP contribution < -0.4 is 0 Å². The Balaban J connectivity index is 1.28. The van der Waals surface area contributed by atoms with Gasteiger partial charge in [0.05, 0.1) is 62.1 Å².